The highest BCUT2D eigenvalue weighted by atomic mass is 32.2. The molecular formula is C12H18N4O3S. The molecule has 0 fully saturated rings. The SMILES string of the molecule is C=CC(CC(N)CN)S(=O)(=O)NC(=O)c1cccnc1. The number of sulfonamides is 1. The van der Waals surface area contributed by atoms with Gasteiger partial charge in [-0.3, -0.25) is 9.78 Å². The van der Waals surface area contributed by atoms with E-state index in [2.05, 4.69) is 11.6 Å². The number of carbonyl (C=O) groups is 1. The van der Waals surface area contributed by atoms with Gasteiger partial charge in [-0.25, -0.2) is 13.1 Å². The molecule has 0 saturated carbocycles. The van der Waals surface area contributed by atoms with Crippen molar-refractivity contribution in [2.24, 2.45) is 11.5 Å². The van der Waals surface area contributed by atoms with E-state index in [0.717, 1.165) is 0 Å². The second-order valence-corrected chi connectivity index (χ2v) is 6.12. The van der Waals surface area contributed by atoms with Crippen LogP contribution in [0.3, 0.4) is 0 Å². The van der Waals surface area contributed by atoms with Gasteiger partial charge in [0.15, 0.2) is 0 Å². The second-order valence-electron chi connectivity index (χ2n) is 4.22. The quantitative estimate of drug-likeness (QED) is 0.575. The number of nitrogens with two attached hydrogens (primary N) is 2. The Labute approximate surface area is 118 Å². The Morgan fingerprint density at radius 2 is 2.25 bits per heavy atom. The van der Waals surface area contributed by atoms with E-state index in [1.807, 2.05) is 4.72 Å². The lowest BCUT2D eigenvalue weighted by Gasteiger charge is -2.17. The minimum Gasteiger partial charge on any atom is -0.329 e. The highest BCUT2D eigenvalue weighted by Crippen LogP contribution is 2.09. The average molecular weight is 298 g/mol. The summed E-state index contributed by atoms with van der Waals surface area (Å²) in [5, 5.41) is -0.985. The Morgan fingerprint density at radius 1 is 1.55 bits per heavy atom. The third-order valence-corrected chi connectivity index (χ3v) is 4.31. The molecule has 0 saturated heterocycles. The van der Waals surface area contributed by atoms with Crippen molar-refractivity contribution >= 4 is 15.9 Å². The summed E-state index contributed by atoms with van der Waals surface area (Å²) >= 11 is 0. The fraction of sp³-hybridized carbons (Fsp3) is 0.333. The molecule has 2 unspecified atom stereocenters. The summed E-state index contributed by atoms with van der Waals surface area (Å²) in [4.78, 5) is 15.6. The standard InChI is InChI=1S/C12H18N4O3S/c1-2-11(6-10(14)7-13)20(18,19)16-12(17)9-4-3-5-15-8-9/h2-5,8,10-11H,1,6-7,13-14H2,(H,16,17). The number of pyridine rings is 1. The van der Waals surface area contributed by atoms with Crippen LogP contribution in [-0.2, 0) is 10.0 Å². The Hall–Kier alpha value is -1.77. The van der Waals surface area contributed by atoms with Gasteiger partial charge in [0, 0.05) is 25.0 Å². The van der Waals surface area contributed by atoms with E-state index in [1.54, 1.807) is 0 Å². The predicted octanol–water partition coefficient (Wildman–Crippen LogP) is -0.628. The zero-order valence-corrected chi connectivity index (χ0v) is 11.7. The van der Waals surface area contributed by atoms with Gasteiger partial charge in [0.1, 0.15) is 0 Å². The van der Waals surface area contributed by atoms with E-state index in [4.69, 9.17) is 11.5 Å². The van der Waals surface area contributed by atoms with Gasteiger partial charge in [-0.05, 0) is 18.6 Å². The van der Waals surface area contributed by atoms with Crippen LogP contribution < -0.4 is 16.2 Å². The van der Waals surface area contributed by atoms with Crippen molar-refractivity contribution in [3.63, 3.8) is 0 Å². The first-order chi connectivity index (χ1) is 9.40. The van der Waals surface area contributed by atoms with Crippen molar-refractivity contribution in [1.29, 1.82) is 0 Å². The molecule has 0 spiro atoms. The molecule has 8 heteroatoms. The average Bonchev–Trinajstić information content (AvgIpc) is 2.44. The third-order valence-electron chi connectivity index (χ3n) is 2.66. The van der Waals surface area contributed by atoms with Gasteiger partial charge in [-0.1, -0.05) is 6.08 Å². The fourth-order valence-electron chi connectivity index (χ4n) is 1.51. The summed E-state index contributed by atoms with van der Waals surface area (Å²) in [6, 6.07) is 2.52. The smallest absolute Gasteiger partial charge is 0.266 e. The highest BCUT2D eigenvalue weighted by molar-refractivity contribution is 7.90. The number of rotatable bonds is 7. The van der Waals surface area contributed by atoms with E-state index in [9.17, 15) is 13.2 Å². The molecule has 110 valence electrons. The largest absolute Gasteiger partial charge is 0.329 e. The van der Waals surface area contributed by atoms with Crippen LogP contribution in [0.25, 0.3) is 0 Å². The molecule has 7 nitrogen and oxygen atoms in total. The maximum atomic E-state index is 12.1. The zero-order valence-electron chi connectivity index (χ0n) is 10.9. The van der Waals surface area contributed by atoms with Crippen molar-refractivity contribution in [1.82, 2.24) is 9.71 Å². The second kappa shape index (κ2) is 7.13. The topological polar surface area (TPSA) is 128 Å². The zero-order chi connectivity index (χ0) is 15.2. The first-order valence-corrected chi connectivity index (χ1v) is 7.49. The van der Waals surface area contributed by atoms with Crippen LogP contribution in [0.4, 0.5) is 0 Å². The minimum absolute atomic E-state index is 0.0929. The fourth-order valence-corrected chi connectivity index (χ4v) is 2.79. The summed E-state index contributed by atoms with van der Waals surface area (Å²) < 4.78 is 26.1. The molecular weight excluding hydrogens is 280 g/mol. The number of aromatic nitrogens is 1. The van der Waals surface area contributed by atoms with Gasteiger partial charge in [0.25, 0.3) is 5.91 Å². The first kappa shape index (κ1) is 16.3. The molecule has 0 aromatic carbocycles. The normalized spacial score (nSPS) is 14.3. The molecule has 1 heterocycles. The lowest BCUT2D eigenvalue weighted by Crippen LogP contribution is -2.42. The first-order valence-electron chi connectivity index (χ1n) is 5.95. The highest BCUT2D eigenvalue weighted by Gasteiger charge is 2.26. The van der Waals surface area contributed by atoms with E-state index in [0.29, 0.717) is 0 Å². The van der Waals surface area contributed by atoms with Crippen molar-refractivity contribution in [2.45, 2.75) is 17.7 Å². The van der Waals surface area contributed by atoms with E-state index in [-0.39, 0.29) is 18.5 Å². The number of nitrogens with one attached hydrogen (secondary N) is 1. The molecule has 0 aliphatic rings. The predicted molar refractivity (Wildman–Crippen MR) is 76.3 cm³/mol. The Morgan fingerprint density at radius 3 is 2.75 bits per heavy atom. The van der Waals surface area contributed by atoms with Gasteiger partial charge in [0.2, 0.25) is 10.0 Å². The van der Waals surface area contributed by atoms with Crippen molar-refractivity contribution < 1.29 is 13.2 Å². The van der Waals surface area contributed by atoms with Crippen LogP contribution in [0.15, 0.2) is 37.2 Å². The molecule has 0 aliphatic carbocycles. The van der Waals surface area contributed by atoms with Gasteiger partial charge >= 0.3 is 0 Å². The maximum absolute atomic E-state index is 12.1. The van der Waals surface area contributed by atoms with Gasteiger partial charge in [-0.2, -0.15) is 0 Å². The van der Waals surface area contributed by atoms with Crippen LogP contribution in [0.5, 0.6) is 0 Å². The summed E-state index contributed by atoms with van der Waals surface area (Å²) in [5.41, 5.74) is 11.1. The Bertz CT molecular complexity index is 559. The van der Waals surface area contributed by atoms with Gasteiger partial charge in [-0.15, -0.1) is 6.58 Å². The van der Waals surface area contributed by atoms with Crippen LogP contribution in [0, 0.1) is 0 Å². The van der Waals surface area contributed by atoms with Gasteiger partial charge in [0.05, 0.1) is 10.8 Å². The molecule has 1 aromatic heterocycles. The van der Waals surface area contributed by atoms with Crippen LogP contribution in [0.2, 0.25) is 0 Å². The Balaban J connectivity index is 2.82. The molecule has 0 radical (unpaired) electrons. The minimum atomic E-state index is -3.91. The van der Waals surface area contributed by atoms with Crippen molar-refractivity contribution in [2.75, 3.05) is 6.54 Å². The molecule has 1 aromatic rings. The third kappa shape index (κ3) is 4.41. The molecule has 0 aliphatic heterocycles. The van der Waals surface area contributed by atoms with Crippen LogP contribution in [0.1, 0.15) is 16.8 Å². The van der Waals surface area contributed by atoms with E-state index >= 15 is 0 Å². The lowest BCUT2D eigenvalue weighted by molar-refractivity contribution is 0.0981. The van der Waals surface area contributed by atoms with Crippen LogP contribution in [-0.4, -0.2) is 37.1 Å². The summed E-state index contributed by atoms with van der Waals surface area (Å²) in [6.45, 7) is 3.60. The number of nitrogens with zero attached hydrogens (tertiary/aromatic N) is 1. The van der Waals surface area contributed by atoms with Crippen molar-refractivity contribution in [3.8, 4) is 0 Å². The van der Waals surface area contributed by atoms with Crippen LogP contribution >= 0.6 is 0 Å². The molecule has 1 amide bonds. The summed E-state index contributed by atoms with van der Waals surface area (Å²) in [6.07, 6.45) is 4.08. The number of carbonyl (C=O) groups excluding carboxylic acids is 1. The van der Waals surface area contributed by atoms with E-state index in [1.165, 1.54) is 30.6 Å². The maximum Gasteiger partial charge on any atom is 0.266 e. The number of hydrogen-bond donors (Lipinski definition) is 3. The molecule has 1 rings (SSSR count). The molecule has 2 atom stereocenters. The monoisotopic (exact) mass is 298 g/mol. The van der Waals surface area contributed by atoms with E-state index < -0.39 is 27.2 Å². The summed E-state index contributed by atoms with van der Waals surface area (Å²) in [7, 11) is -3.91. The summed E-state index contributed by atoms with van der Waals surface area (Å²) in [5.74, 6) is -0.744. The van der Waals surface area contributed by atoms with Crippen molar-refractivity contribution in [3.05, 3.63) is 42.7 Å². The number of amides is 1. The Kier molecular flexibility index (Phi) is 5.81. The number of hydrogen-bond acceptors (Lipinski definition) is 6. The van der Waals surface area contributed by atoms with Gasteiger partial charge < -0.3 is 11.5 Å². The molecule has 0 bridgehead atoms. The molecule has 5 N–H and O–H groups in total. The lowest BCUT2D eigenvalue weighted by atomic mass is 10.1. The molecule has 20 heavy (non-hydrogen) atoms.